The van der Waals surface area contributed by atoms with Gasteiger partial charge in [0.1, 0.15) is 11.9 Å². The summed E-state index contributed by atoms with van der Waals surface area (Å²) in [4.78, 5) is 39.9. The van der Waals surface area contributed by atoms with Crippen molar-refractivity contribution in [3.05, 3.63) is 82.2 Å². The Morgan fingerprint density at radius 1 is 1.18 bits per heavy atom. The Hall–Kier alpha value is -4.32. The second kappa shape index (κ2) is 11.0. The van der Waals surface area contributed by atoms with Crippen molar-refractivity contribution in [2.75, 3.05) is 25.1 Å². The molecule has 1 N–H and O–H groups in total. The SMILES string of the molecule is C=CCC1(S(=O)(=O)n2cc(C)c3c(C(=O)CCc4c(OC)cc(C)[nH]c4=O)cc(-c4cnc(N5CC(F)C5)nc4)cc32)CC1. The van der Waals surface area contributed by atoms with E-state index < -0.39 is 20.9 Å². The number of benzene rings is 1. The van der Waals surface area contributed by atoms with E-state index in [1.54, 1.807) is 61.6 Å². The van der Waals surface area contributed by atoms with E-state index in [0.29, 0.717) is 75.4 Å². The van der Waals surface area contributed by atoms with Crippen molar-refractivity contribution in [2.45, 2.75) is 56.9 Å². The van der Waals surface area contributed by atoms with Crippen molar-refractivity contribution in [3.8, 4) is 16.9 Å². The van der Waals surface area contributed by atoms with Crippen molar-refractivity contribution in [1.29, 1.82) is 0 Å². The smallest absolute Gasteiger partial charge is 0.255 e. The number of halogens is 1. The lowest BCUT2D eigenvalue weighted by Crippen LogP contribution is -2.49. The molecule has 1 saturated carbocycles. The van der Waals surface area contributed by atoms with Gasteiger partial charge in [-0.25, -0.2) is 26.7 Å². The Kier molecular flexibility index (Phi) is 7.43. The first-order valence-corrected chi connectivity index (χ1v) is 15.9. The highest BCUT2D eigenvalue weighted by Crippen LogP contribution is 2.49. The lowest BCUT2D eigenvalue weighted by molar-refractivity contribution is 0.0984. The van der Waals surface area contributed by atoms with Crippen molar-refractivity contribution in [1.82, 2.24) is 18.9 Å². The first kappa shape index (κ1) is 29.7. The number of aryl methyl sites for hydroxylation is 2. The molecule has 0 atom stereocenters. The summed E-state index contributed by atoms with van der Waals surface area (Å²) >= 11 is 0. The number of hydrogen-bond acceptors (Lipinski definition) is 8. The number of methoxy groups -OCH3 is 1. The molecule has 1 aliphatic carbocycles. The number of Topliss-reactive ketones (excluding diaryl/α,β-unsaturated/α-hetero) is 1. The minimum atomic E-state index is -3.83. The molecular formula is C32H34FN5O5S. The number of pyridine rings is 1. The molecule has 2 fully saturated rings. The number of ketones is 1. The van der Waals surface area contributed by atoms with Gasteiger partial charge in [-0.1, -0.05) is 6.08 Å². The summed E-state index contributed by atoms with van der Waals surface area (Å²) in [6.07, 6.45) is 7.01. The largest absolute Gasteiger partial charge is 0.496 e. The van der Waals surface area contributed by atoms with Crippen LogP contribution in [0.15, 0.2) is 54.2 Å². The van der Waals surface area contributed by atoms with Gasteiger partial charge in [0.05, 0.1) is 36.0 Å². The average Bonchev–Trinajstić information content (AvgIpc) is 3.70. The van der Waals surface area contributed by atoms with E-state index in [1.807, 2.05) is 0 Å². The molecule has 3 aromatic heterocycles. The van der Waals surface area contributed by atoms with Crippen LogP contribution in [0.1, 0.15) is 52.9 Å². The van der Waals surface area contributed by atoms with Crippen LogP contribution < -0.4 is 15.2 Å². The van der Waals surface area contributed by atoms with Gasteiger partial charge in [-0.05, 0) is 68.9 Å². The number of aromatic nitrogens is 4. The summed E-state index contributed by atoms with van der Waals surface area (Å²) in [5.74, 6) is 0.553. The molecule has 1 aliphatic heterocycles. The first-order chi connectivity index (χ1) is 21.0. The molecule has 0 radical (unpaired) electrons. The van der Waals surface area contributed by atoms with Crippen LogP contribution in [-0.4, -0.2) is 64.2 Å². The second-order valence-corrected chi connectivity index (χ2v) is 13.9. The Balaban J connectivity index is 1.45. The van der Waals surface area contributed by atoms with Crippen molar-refractivity contribution >= 4 is 32.7 Å². The van der Waals surface area contributed by atoms with E-state index in [9.17, 15) is 22.4 Å². The van der Waals surface area contributed by atoms with E-state index in [1.165, 1.54) is 11.1 Å². The molecule has 6 rings (SSSR count). The fourth-order valence-electron chi connectivity index (χ4n) is 5.99. The third-order valence-electron chi connectivity index (χ3n) is 8.63. The molecule has 1 saturated heterocycles. The summed E-state index contributed by atoms with van der Waals surface area (Å²) < 4.78 is 47.2. The Morgan fingerprint density at radius 2 is 1.89 bits per heavy atom. The number of anilines is 1. The Bertz CT molecular complexity index is 1960. The predicted octanol–water partition coefficient (Wildman–Crippen LogP) is 4.67. The van der Waals surface area contributed by atoms with Crippen LogP contribution in [0.25, 0.3) is 22.0 Å². The molecule has 12 heteroatoms. The van der Waals surface area contributed by atoms with Crippen molar-refractivity contribution in [3.63, 3.8) is 0 Å². The number of alkyl halides is 1. The number of nitrogens with zero attached hydrogens (tertiary/aromatic N) is 4. The molecule has 10 nitrogen and oxygen atoms in total. The zero-order valence-corrected chi connectivity index (χ0v) is 25.7. The lowest BCUT2D eigenvalue weighted by atomic mass is 9.95. The maximum atomic E-state index is 14.0. The molecule has 4 aromatic rings. The van der Waals surface area contributed by atoms with Crippen LogP contribution in [0.2, 0.25) is 0 Å². The van der Waals surface area contributed by atoms with E-state index >= 15 is 0 Å². The third kappa shape index (κ3) is 5.00. The highest BCUT2D eigenvalue weighted by molar-refractivity contribution is 7.91. The number of ether oxygens (including phenoxy) is 1. The molecular weight excluding hydrogens is 585 g/mol. The van der Waals surface area contributed by atoms with Crippen molar-refractivity contribution < 1.29 is 22.3 Å². The quantitative estimate of drug-likeness (QED) is 0.190. The second-order valence-electron chi connectivity index (χ2n) is 11.7. The van der Waals surface area contributed by atoms with Gasteiger partial charge >= 0.3 is 0 Å². The van der Waals surface area contributed by atoms with Crippen LogP contribution in [0.5, 0.6) is 5.75 Å². The molecule has 2 aliphatic rings. The van der Waals surface area contributed by atoms with Crippen LogP contribution in [0.4, 0.5) is 10.3 Å². The third-order valence-corrected chi connectivity index (χ3v) is 11.1. The fraction of sp³-hybridized carbons (Fsp3) is 0.375. The summed E-state index contributed by atoms with van der Waals surface area (Å²) in [5.41, 5.74) is 3.19. The number of H-pyrrole nitrogens is 1. The normalized spacial score (nSPS) is 16.1. The molecule has 230 valence electrons. The van der Waals surface area contributed by atoms with E-state index in [-0.39, 0.29) is 37.3 Å². The minimum Gasteiger partial charge on any atom is -0.496 e. The van der Waals surface area contributed by atoms with Crippen LogP contribution in [0.3, 0.4) is 0 Å². The van der Waals surface area contributed by atoms with Gasteiger partial charge in [-0.2, -0.15) is 0 Å². The molecule has 0 bridgehead atoms. The molecule has 0 amide bonds. The van der Waals surface area contributed by atoms with Gasteiger partial charge in [0.25, 0.3) is 5.56 Å². The highest BCUT2D eigenvalue weighted by Gasteiger charge is 2.54. The van der Waals surface area contributed by atoms with Gasteiger partial charge in [0.2, 0.25) is 16.0 Å². The molecule has 1 aromatic carbocycles. The molecule has 44 heavy (non-hydrogen) atoms. The van der Waals surface area contributed by atoms with Crippen LogP contribution in [-0.2, 0) is 16.4 Å². The van der Waals surface area contributed by atoms with E-state index in [4.69, 9.17) is 4.74 Å². The summed E-state index contributed by atoms with van der Waals surface area (Å²) in [7, 11) is -2.36. The van der Waals surface area contributed by atoms with Gasteiger partial charge in [0.15, 0.2) is 5.78 Å². The van der Waals surface area contributed by atoms with Gasteiger partial charge in [-0.3, -0.25) is 9.59 Å². The highest BCUT2D eigenvalue weighted by atomic mass is 32.2. The molecule has 0 spiro atoms. The van der Waals surface area contributed by atoms with Crippen LogP contribution in [0, 0.1) is 13.8 Å². The van der Waals surface area contributed by atoms with E-state index in [2.05, 4.69) is 21.5 Å². The number of rotatable bonds is 11. The monoisotopic (exact) mass is 619 g/mol. The topological polar surface area (TPSA) is 127 Å². The fourth-order valence-corrected chi connectivity index (χ4v) is 8.05. The maximum Gasteiger partial charge on any atom is 0.255 e. The molecule has 0 unspecified atom stereocenters. The number of allylic oxidation sites excluding steroid dienone is 1. The lowest BCUT2D eigenvalue weighted by Gasteiger charge is -2.34. The zero-order chi connectivity index (χ0) is 31.4. The van der Waals surface area contributed by atoms with Crippen molar-refractivity contribution in [2.24, 2.45) is 0 Å². The summed E-state index contributed by atoms with van der Waals surface area (Å²) in [6, 6.07) is 5.18. The number of nitrogens with one attached hydrogen (secondary N) is 1. The number of carbonyl (C=O) groups is 1. The van der Waals surface area contributed by atoms with Gasteiger partial charge < -0.3 is 14.6 Å². The number of carbonyl (C=O) groups excluding carboxylic acids is 1. The summed E-state index contributed by atoms with van der Waals surface area (Å²) in [5, 5.41) is 0.536. The van der Waals surface area contributed by atoms with E-state index in [0.717, 1.165) is 0 Å². The number of aromatic amines is 1. The van der Waals surface area contributed by atoms with Gasteiger partial charge in [-0.15, -0.1) is 6.58 Å². The number of fused-ring (bicyclic) bond motifs is 1. The van der Waals surface area contributed by atoms with Crippen LogP contribution >= 0.6 is 0 Å². The minimum absolute atomic E-state index is 0.00633. The maximum absolute atomic E-state index is 14.0. The number of hydrogen-bond donors (Lipinski definition) is 1. The standard InChI is InChI=1S/C32H34FN5O5S/c1-5-8-32(9-10-32)44(41,42)38-16-19(2)29-25(27(39)7-6-24-28(43-4)11-20(3)36-30(24)40)12-21(13-26(29)38)22-14-34-31(35-15-22)37-17-23(33)18-37/h5,11-16,23H,1,6-10,17-18H2,2-4H3,(H,36,40). The average molecular weight is 620 g/mol. The zero-order valence-electron chi connectivity index (χ0n) is 24.9. The van der Waals surface area contributed by atoms with Gasteiger partial charge in [0, 0.05) is 47.2 Å². The Morgan fingerprint density at radius 3 is 2.50 bits per heavy atom. The summed E-state index contributed by atoms with van der Waals surface area (Å²) in [6.45, 7) is 7.77. The predicted molar refractivity (Wildman–Crippen MR) is 167 cm³/mol. The Labute approximate surface area is 254 Å². The molecule has 4 heterocycles. The first-order valence-electron chi connectivity index (χ1n) is 14.5.